The Balaban J connectivity index is 2.68. The third kappa shape index (κ3) is 2.74. The van der Waals surface area contributed by atoms with Crippen molar-refractivity contribution in [3.63, 3.8) is 0 Å². The summed E-state index contributed by atoms with van der Waals surface area (Å²) in [5.41, 5.74) is 3.34. The van der Waals surface area contributed by atoms with E-state index in [4.69, 9.17) is 4.98 Å². The summed E-state index contributed by atoms with van der Waals surface area (Å²) >= 11 is 0. The minimum atomic E-state index is -0.00370. The molecule has 2 aromatic rings. The molecule has 1 aromatic heterocycles. The number of rotatable bonds is 3. The zero-order chi connectivity index (χ0) is 14.8. The van der Waals surface area contributed by atoms with E-state index in [0.29, 0.717) is 0 Å². The Morgan fingerprint density at radius 2 is 1.90 bits per heavy atom. The summed E-state index contributed by atoms with van der Waals surface area (Å²) in [5, 5.41) is 0. The van der Waals surface area contributed by atoms with Crippen LogP contribution in [0.5, 0.6) is 0 Å². The molecule has 0 aliphatic carbocycles. The summed E-state index contributed by atoms with van der Waals surface area (Å²) in [6.45, 7) is 12.4. The van der Waals surface area contributed by atoms with E-state index in [0.717, 1.165) is 22.6 Å². The van der Waals surface area contributed by atoms with Crippen LogP contribution in [0.25, 0.3) is 16.7 Å². The van der Waals surface area contributed by atoms with Gasteiger partial charge in [-0.2, -0.15) is 0 Å². The smallest absolute Gasteiger partial charge is 0.119 e. The number of fused-ring (bicyclic) bond motifs is 1. The molecule has 20 heavy (non-hydrogen) atoms. The predicted molar refractivity (Wildman–Crippen MR) is 87.7 cm³/mol. The molecule has 0 fully saturated rings. The highest BCUT2D eigenvalue weighted by Crippen LogP contribution is 2.29. The molecule has 0 saturated carbocycles. The van der Waals surface area contributed by atoms with Crippen molar-refractivity contribution in [1.29, 1.82) is 0 Å². The molecule has 0 saturated heterocycles. The largest absolute Gasteiger partial charge is 0.300 e. The van der Waals surface area contributed by atoms with Crippen LogP contribution in [0.3, 0.4) is 0 Å². The molecule has 1 heterocycles. The van der Waals surface area contributed by atoms with Crippen LogP contribution in [0.1, 0.15) is 33.5 Å². The van der Waals surface area contributed by atoms with E-state index in [1.807, 2.05) is 18.2 Å². The van der Waals surface area contributed by atoms with Crippen molar-refractivity contribution >= 4 is 16.7 Å². The monoisotopic (exact) mass is 266 g/mol. The molecular weight excluding hydrogens is 244 g/mol. The van der Waals surface area contributed by atoms with Crippen LogP contribution in [0.2, 0.25) is 0 Å². The second kappa shape index (κ2) is 5.49. The Kier molecular flexibility index (Phi) is 3.93. The van der Waals surface area contributed by atoms with E-state index in [1.165, 1.54) is 0 Å². The molecule has 0 aliphatic rings. The number of imidazole rings is 1. The Morgan fingerprint density at radius 1 is 1.20 bits per heavy atom. The lowest BCUT2D eigenvalue weighted by Gasteiger charge is -2.20. The lowest BCUT2D eigenvalue weighted by molar-refractivity contribution is 0.541. The number of para-hydroxylation sites is 2. The summed E-state index contributed by atoms with van der Waals surface area (Å²) in [7, 11) is 0. The molecular formula is C18H22N2. The molecule has 2 rings (SSSR count). The lowest BCUT2D eigenvalue weighted by atomic mass is 9.95. The van der Waals surface area contributed by atoms with Crippen molar-refractivity contribution in [1.82, 2.24) is 9.55 Å². The Morgan fingerprint density at radius 3 is 2.55 bits per heavy atom. The van der Waals surface area contributed by atoms with Crippen molar-refractivity contribution in [2.24, 2.45) is 0 Å². The van der Waals surface area contributed by atoms with E-state index in [1.54, 1.807) is 6.08 Å². The maximum atomic E-state index is 4.81. The molecule has 0 amide bonds. The van der Waals surface area contributed by atoms with Gasteiger partial charge in [-0.15, -0.1) is 0 Å². The highest BCUT2D eigenvalue weighted by atomic mass is 15.1. The number of aromatic nitrogens is 2. The van der Waals surface area contributed by atoms with Gasteiger partial charge < -0.3 is 0 Å². The molecule has 0 spiro atoms. The fourth-order valence-electron chi connectivity index (χ4n) is 2.23. The van der Waals surface area contributed by atoms with Crippen molar-refractivity contribution in [2.45, 2.75) is 33.1 Å². The van der Waals surface area contributed by atoms with Crippen LogP contribution in [0.4, 0.5) is 0 Å². The number of hydrogen-bond donors (Lipinski definition) is 0. The van der Waals surface area contributed by atoms with Gasteiger partial charge in [0, 0.05) is 11.1 Å². The molecule has 0 radical (unpaired) electrons. The quantitative estimate of drug-likeness (QED) is 0.720. The second-order valence-corrected chi connectivity index (χ2v) is 5.94. The molecule has 0 atom stereocenters. The molecule has 0 unspecified atom stereocenters. The first-order valence-corrected chi connectivity index (χ1v) is 6.89. The van der Waals surface area contributed by atoms with Crippen molar-refractivity contribution in [3.8, 4) is 0 Å². The number of allylic oxidation sites excluding steroid dienone is 5. The predicted octanol–water partition coefficient (Wildman–Crippen LogP) is 4.94. The molecule has 0 N–H and O–H groups in total. The van der Waals surface area contributed by atoms with Crippen LogP contribution in [-0.2, 0) is 5.41 Å². The third-order valence-corrected chi connectivity index (χ3v) is 3.17. The van der Waals surface area contributed by atoms with Gasteiger partial charge in [0.2, 0.25) is 0 Å². The van der Waals surface area contributed by atoms with Gasteiger partial charge in [0.05, 0.1) is 11.0 Å². The summed E-state index contributed by atoms with van der Waals surface area (Å²) in [6, 6.07) is 8.27. The van der Waals surface area contributed by atoms with Crippen molar-refractivity contribution in [3.05, 3.63) is 61.0 Å². The zero-order valence-corrected chi connectivity index (χ0v) is 12.7. The minimum Gasteiger partial charge on any atom is -0.300 e. The van der Waals surface area contributed by atoms with Crippen LogP contribution in [0, 0.1) is 0 Å². The number of benzene rings is 1. The van der Waals surface area contributed by atoms with E-state index >= 15 is 0 Å². The third-order valence-electron chi connectivity index (χ3n) is 3.17. The maximum absolute atomic E-state index is 4.81. The van der Waals surface area contributed by atoms with E-state index in [9.17, 15) is 0 Å². The Hall–Kier alpha value is -2.09. The second-order valence-electron chi connectivity index (χ2n) is 5.94. The van der Waals surface area contributed by atoms with Crippen molar-refractivity contribution < 1.29 is 0 Å². The van der Waals surface area contributed by atoms with Crippen LogP contribution >= 0.6 is 0 Å². The molecule has 2 heteroatoms. The molecule has 2 nitrogen and oxygen atoms in total. The fraction of sp³-hybridized carbons (Fsp3) is 0.278. The van der Waals surface area contributed by atoms with Gasteiger partial charge >= 0.3 is 0 Å². The van der Waals surface area contributed by atoms with Gasteiger partial charge in [-0.25, -0.2) is 4.98 Å². The van der Waals surface area contributed by atoms with Gasteiger partial charge in [0.15, 0.2) is 0 Å². The fourth-order valence-corrected chi connectivity index (χ4v) is 2.23. The van der Waals surface area contributed by atoms with E-state index < -0.39 is 0 Å². The minimum absolute atomic E-state index is 0.00370. The lowest BCUT2D eigenvalue weighted by Crippen LogP contribution is -2.18. The van der Waals surface area contributed by atoms with Gasteiger partial charge in [-0.05, 0) is 25.1 Å². The summed E-state index contributed by atoms with van der Waals surface area (Å²) in [5.74, 6) is 1.08. The number of hydrogen-bond acceptors (Lipinski definition) is 1. The Bertz CT molecular complexity index is 679. The summed E-state index contributed by atoms with van der Waals surface area (Å²) in [6.07, 6.45) is 7.80. The van der Waals surface area contributed by atoms with Gasteiger partial charge in [-0.3, -0.25) is 4.57 Å². The highest BCUT2D eigenvalue weighted by molar-refractivity contribution is 5.80. The first-order valence-electron chi connectivity index (χ1n) is 6.89. The first kappa shape index (κ1) is 14.3. The van der Waals surface area contributed by atoms with Crippen LogP contribution in [-0.4, -0.2) is 9.55 Å². The first-order chi connectivity index (χ1) is 9.45. The highest BCUT2D eigenvalue weighted by Gasteiger charge is 2.23. The van der Waals surface area contributed by atoms with Crippen LogP contribution < -0.4 is 0 Å². The summed E-state index contributed by atoms with van der Waals surface area (Å²) < 4.78 is 2.24. The van der Waals surface area contributed by atoms with Gasteiger partial charge in [-0.1, -0.05) is 57.7 Å². The maximum Gasteiger partial charge on any atom is 0.119 e. The molecule has 1 aromatic carbocycles. The normalized spacial score (nSPS) is 13.3. The van der Waals surface area contributed by atoms with Gasteiger partial charge in [0.25, 0.3) is 0 Å². The topological polar surface area (TPSA) is 17.8 Å². The SMILES string of the molecule is C=C/C=C\C=C(/C)n1c(C(C)(C)C)nc2ccccc21. The zero-order valence-electron chi connectivity index (χ0n) is 12.7. The Labute approximate surface area is 121 Å². The average molecular weight is 266 g/mol. The van der Waals surface area contributed by atoms with E-state index in [-0.39, 0.29) is 5.41 Å². The summed E-state index contributed by atoms with van der Waals surface area (Å²) in [4.78, 5) is 4.81. The standard InChI is InChI=1S/C18H22N2/c1-6-7-8-11-14(2)20-16-13-10-9-12-15(16)19-17(20)18(3,4)5/h6-13H,1H2,2-5H3/b8-7-,14-11+. The van der Waals surface area contributed by atoms with Gasteiger partial charge in [0.1, 0.15) is 5.82 Å². The number of nitrogens with zero attached hydrogens (tertiary/aromatic N) is 2. The van der Waals surface area contributed by atoms with Crippen molar-refractivity contribution in [2.75, 3.05) is 0 Å². The molecule has 0 bridgehead atoms. The average Bonchev–Trinajstić information content (AvgIpc) is 2.78. The van der Waals surface area contributed by atoms with E-state index in [2.05, 4.69) is 63.1 Å². The molecule has 0 aliphatic heterocycles. The molecule has 104 valence electrons. The van der Waals surface area contributed by atoms with Crippen LogP contribution in [0.15, 0.2) is 55.1 Å².